The minimum Gasteiger partial charge on any atom is -0.385 e. The van der Waals surface area contributed by atoms with Gasteiger partial charge in [-0.05, 0) is 56.4 Å². The molecule has 1 aromatic rings. The molecule has 14 heavy (non-hydrogen) atoms. The Kier molecular flexibility index (Phi) is 3.01. The van der Waals surface area contributed by atoms with Crippen molar-refractivity contribution in [1.82, 2.24) is 0 Å². The quantitative estimate of drug-likeness (QED) is 0.762. The van der Waals surface area contributed by atoms with E-state index in [0.29, 0.717) is 0 Å². The van der Waals surface area contributed by atoms with Crippen LogP contribution in [0.25, 0.3) is 0 Å². The van der Waals surface area contributed by atoms with Crippen molar-refractivity contribution in [2.75, 3.05) is 0 Å². The summed E-state index contributed by atoms with van der Waals surface area (Å²) in [6.07, 6.45) is 0.746. The van der Waals surface area contributed by atoms with Crippen LogP contribution in [0.15, 0.2) is 12.1 Å². The highest BCUT2D eigenvalue weighted by molar-refractivity contribution is 5.39. The summed E-state index contributed by atoms with van der Waals surface area (Å²) in [7, 11) is 0. The predicted octanol–water partition coefficient (Wildman–Crippen LogP) is 3.23. The lowest BCUT2D eigenvalue weighted by molar-refractivity contribution is 0.0524. The maximum atomic E-state index is 10.2. The summed E-state index contributed by atoms with van der Waals surface area (Å²) in [5.41, 5.74) is 4.09. The fourth-order valence-electron chi connectivity index (χ4n) is 1.73. The Morgan fingerprint density at radius 1 is 1.07 bits per heavy atom. The minimum atomic E-state index is -0.692. The van der Waals surface area contributed by atoms with Crippen LogP contribution >= 0.6 is 0 Å². The van der Waals surface area contributed by atoms with Crippen LogP contribution in [0.1, 0.15) is 42.5 Å². The first-order valence-electron chi connectivity index (χ1n) is 5.19. The van der Waals surface area contributed by atoms with E-state index >= 15 is 0 Å². The van der Waals surface area contributed by atoms with Crippen molar-refractivity contribution in [3.8, 4) is 0 Å². The van der Waals surface area contributed by atoms with Gasteiger partial charge in [0.2, 0.25) is 0 Å². The lowest BCUT2D eigenvalue weighted by atomic mass is 9.87. The monoisotopic (exact) mass is 192 g/mol. The maximum Gasteiger partial charge on any atom is 0.0868 e. The molecule has 0 radical (unpaired) electrons. The van der Waals surface area contributed by atoms with Gasteiger partial charge in [0.25, 0.3) is 0 Å². The molecule has 0 bridgehead atoms. The molecule has 0 saturated heterocycles. The van der Waals surface area contributed by atoms with Crippen LogP contribution in [0.4, 0.5) is 0 Å². The first kappa shape index (κ1) is 11.3. The zero-order valence-electron chi connectivity index (χ0n) is 9.81. The number of aryl methyl sites for hydroxylation is 3. The topological polar surface area (TPSA) is 20.2 Å². The zero-order valence-corrected chi connectivity index (χ0v) is 9.81. The summed E-state index contributed by atoms with van der Waals surface area (Å²) in [4.78, 5) is 0. The Hall–Kier alpha value is -0.820. The molecule has 1 atom stereocenters. The molecule has 0 saturated carbocycles. The van der Waals surface area contributed by atoms with E-state index in [1.807, 2.05) is 13.8 Å². The van der Waals surface area contributed by atoms with Crippen LogP contribution in [-0.4, -0.2) is 5.11 Å². The fraction of sp³-hybridized carbons (Fsp3) is 0.538. The van der Waals surface area contributed by atoms with E-state index in [4.69, 9.17) is 0 Å². The number of rotatable bonds is 2. The minimum absolute atomic E-state index is 0.692. The van der Waals surface area contributed by atoms with Gasteiger partial charge < -0.3 is 5.11 Å². The van der Waals surface area contributed by atoms with Gasteiger partial charge in [-0.3, -0.25) is 0 Å². The summed E-state index contributed by atoms with van der Waals surface area (Å²) in [6, 6.07) is 4.25. The highest BCUT2D eigenvalue weighted by Gasteiger charge is 2.22. The molecule has 0 amide bonds. The summed E-state index contributed by atoms with van der Waals surface area (Å²) >= 11 is 0. The molecule has 0 aliphatic rings. The maximum absolute atomic E-state index is 10.2. The van der Waals surface area contributed by atoms with E-state index in [0.717, 1.165) is 12.0 Å². The van der Waals surface area contributed by atoms with Crippen LogP contribution < -0.4 is 0 Å². The molecule has 1 nitrogen and oxygen atoms in total. The number of aliphatic hydroxyl groups is 1. The Bertz CT molecular complexity index is 337. The first-order chi connectivity index (χ1) is 6.38. The SMILES string of the molecule is CCC(C)(O)c1cc(C)c(C)cc1C. The molecule has 1 aromatic carbocycles. The van der Waals surface area contributed by atoms with Gasteiger partial charge >= 0.3 is 0 Å². The smallest absolute Gasteiger partial charge is 0.0868 e. The summed E-state index contributed by atoms with van der Waals surface area (Å²) < 4.78 is 0. The molecular weight excluding hydrogens is 172 g/mol. The third-order valence-electron chi connectivity index (χ3n) is 3.11. The van der Waals surface area contributed by atoms with Crippen LogP contribution in [-0.2, 0) is 5.60 Å². The van der Waals surface area contributed by atoms with Crippen molar-refractivity contribution in [3.05, 3.63) is 34.4 Å². The molecule has 0 spiro atoms. The molecule has 0 aliphatic heterocycles. The van der Waals surface area contributed by atoms with Gasteiger partial charge in [0.1, 0.15) is 0 Å². The molecule has 0 heterocycles. The van der Waals surface area contributed by atoms with E-state index in [-0.39, 0.29) is 0 Å². The average molecular weight is 192 g/mol. The first-order valence-corrected chi connectivity index (χ1v) is 5.19. The van der Waals surface area contributed by atoms with Gasteiger partial charge in [0.15, 0.2) is 0 Å². The molecule has 0 aliphatic carbocycles. The Morgan fingerprint density at radius 2 is 1.57 bits per heavy atom. The standard InChI is InChI=1S/C13H20O/c1-6-13(5,14)12-8-10(3)9(2)7-11(12)4/h7-8,14H,6H2,1-5H3. The second-order valence-corrected chi connectivity index (χ2v) is 4.38. The lowest BCUT2D eigenvalue weighted by Gasteiger charge is -2.25. The van der Waals surface area contributed by atoms with Crippen molar-refractivity contribution < 1.29 is 5.11 Å². The Balaban J connectivity index is 3.29. The number of hydrogen-bond donors (Lipinski definition) is 1. The van der Waals surface area contributed by atoms with Gasteiger partial charge in [0, 0.05) is 0 Å². The van der Waals surface area contributed by atoms with Crippen molar-refractivity contribution in [2.45, 2.75) is 46.6 Å². The summed E-state index contributed by atoms with van der Waals surface area (Å²) in [5.74, 6) is 0. The average Bonchev–Trinajstić information content (AvgIpc) is 2.11. The molecule has 1 N–H and O–H groups in total. The summed E-state index contributed by atoms with van der Waals surface area (Å²) in [6.45, 7) is 10.1. The molecular formula is C13H20O. The Labute approximate surface area is 86.8 Å². The van der Waals surface area contributed by atoms with E-state index in [1.165, 1.54) is 16.7 Å². The Morgan fingerprint density at radius 3 is 2.07 bits per heavy atom. The molecule has 78 valence electrons. The van der Waals surface area contributed by atoms with Gasteiger partial charge in [-0.15, -0.1) is 0 Å². The van der Waals surface area contributed by atoms with E-state index in [1.54, 1.807) is 0 Å². The highest BCUT2D eigenvalue weighted by atomic mass is 16.3. The van der Waals surface area contributed by atoms with Crippen molar-refractivity contribution >= 4 is 0 Å². The largest absolute Gasteiger partial charge is 0.385 e. The van der Waals surface area contributed by atoms with E-state index < -0.39 is 5.60 Å². The van der Waals surface area contributed by atoms with Crippen molar-refractivity contribution in [3.63, 3.8) is 0 Å². The van der Waals surface area contributed by atoms with Crippen LogP contribution in [0.5, 0.6) is 0 Å². The second kappa shape index (κ2) is 3.74. The van der Waals surface area contributed by atoms with Crippen molar-refractivity contribution in [2.24, 2.45) is 0 Å². The van der Waals surface area contributed by atoms with Crippen LogP contribution in [0, 0.1) is 20.8 Å². The number of benzene rings is 1. The third kappa shape index (κ3) is 1.98. The third-order valence-corrected chi connectivity index (χ3v) is 3.11. The summed E-state index contributed by atoms with van der Waals surface area (Å²) in [5, 5.41) is 10.2. The number of hydrogen-bond acceptors (Lipinski definition) is 1. The molecule has 1 rings (SSSR count). The van der Waals surface area contributed by atoms with Gasteiger partial charge in [-0.1, -0.05) is 19.1 Å². The molecule has 0 fully saturated rings. The predicted molar refractivity (Wildman–Crippen MR) is 60.5 cm³/mol. The zero-order chi connectivity index (χ0) is 10.9. The van der Waals surface area contributed by atoms with E-state index in [9.17, 15) is 5.11 Å². The lowest BCUT2D eigenvalue weighted by Crippen LogP contribution is -2.21. The highest BCUT2D eigenvalue weighted by Crippen LogP contribution is 2.28. The second-order valence-electron chi connectivity index (χ2n) is 4.38. The molecule has 0 aromatic heterocycles. The fourth-order valence-corrected chi connectivity index (χ4v) is 1.73. The van der Waals surface area contributed by atoms with E-state index in [2.05, 4.69) is 32.9 Å². The normalized spacial score (nSPS) is 15.3. The van der Waals surface area contributed by atoms with Crippen molar-refractivity contribution in [1.29, 1.82) is 0 Å². The van der Waals surface area contributed by atoms with Gasteiger partial charge in [0.05, 0.1) is 5.60 Å². The van der Waals surface area contributed by atoms with Crippen LogP contribution in [0.3, 0.4) is 0 Å². The van der Waals surface area contributed by atoms with Gasteiger partial charge in [-0.25, -0.2) is 0 Å². The van der Waals surface area contributed by atoms with Crippen LogP contribution in [0.2, 0.25) is 0 Å². The molecule has 1 heteroatoms. The van der Waals surface area contributed by atoms with Gasteiger partial charge in [-0.2, -0.15) is 0 Å². The molecule has 1 unspecified atom stereocenters.